The van der Waals surface area contributed by atoms with Gasteiger partial charge in [-0.05, 0) is 61.5 Å². The largest absolute Gasteiger partial charge is 0.497 e. The maximum Gasteiger partial charge on any atom is 0.433 e. The van der Waals surface area contributed by atoms with Crippen LogP contribution in [0.4, 0.5) is 18.9 Å². The van der Waals surface area contributed by atoms with Gasteiger partial charge >= 0.3 is 6.18 Å². The van der Waals surface area contributed by atoms with Crippen LogP contribution in [0.2, 0.25) is 0 Å². The van der Waals surface area contributed by atoms with E-state index in [0.717, 1.165) is 17.8 Å². The number of ketones is 1. The maximum absolute atomic E-state index is 13.3. The minimum atomic E-state index is -4.67. The molecule has 0 atom stereocenters. The molecule has 0 saturated heterocycles. The second-order valence-electron chi connectivity index (χ2n) is 6.62. The third kappa shape index (κ3) is 6.07. The number of carbonyl (C=O) groups is 2. The molecule has 1 heterocycles. The average molecular weight is 461 g/mol. The zero-order valence-corrected chi connectivity index (χ0v) is 17.9. The SMILES string of the molecule is COc1ccc(-c2cc(C(F)(F)F)nc(SCC(=O)Nc3ccc(C(C)=O)cc3)n2)cc1. The minimum absolute atomic E-state index is 0.0812. The lowest BCUT2D eigenvalue weighted by molar-refractivity contribution is -0.141. The van der Waals surface area contributed by atoms with Crippen LogP contribution in [0.5, 0.6) is 5.75 Å². The summed E-state index contributed by atoms with van der Waals surface area (Å²) in [5.41, 5.74) is 0.402. The first-order valence-electron chi connectivity index (χ1n) is 9.30. The Balaban J connectivity index is 1.75. The van der Waals surface area contributed by atoms with Crippen molar-refractivity contribution in [3.05, 3.63) is 65.9 Å². The summed E-state index contributed by atoms with van der Waals surface area (Å²) >= 11 is 0.790. The fourth-order valence-corrected chi connectivity index (χ4v) is 3.32. The van der Waals surface area contributed by atoms with Gasteiger partial charge in [0.1, 0.15) is 11.4 Å². The molecule has 1 N–H and O–H groups in total. The zero-order valence-electron chi connectivity index (χ0n) is 17.1. The molecule has 0 radical (unpaired) electrons. The predicted molar refractivity (Wildman–Crippen MR) is 115 cm³/mol. The molecule has 0 bridgehead atoms. The number of rotatable bonds is 7. The third-order valence-corrected chi connectivity index (χ3v) is 5.14. The van der Waals surface area contributed by atoms with E-state index < -0.39 is 17.8 Å². The molecular weight excluding hydrogens is 443 g/mol. The lowest BCUT2D eigenvalue weighted by Crippen LogP contribution is -2.15. The van der Waals surface area contributed by atoms with Gasteiger partial charge in [-0.15, -0.1) is 0 Å². The van der Waals surface area contributed by atoms with Crippen molar-refractivity contribution in [3.8, 4) is 17.0 Å². The van der Waals surface area contributed by atoms with Crippen LogP contribution < -0.4 is 10.1 Å². The summed E-state index contributed by atoms with van der Waals surface area (Å²) in [6, 6.07) is 13.6. The van der Waals surface area contributed by atoms with Gasteiger partial charge in [0.2, 0.25) is 5.91 Å². The molecule has 3 rings (SSSR count). The summed E-state index contributed by atoms with van der Waals surface area (Å²) in [6.07, 6.45) is -4.67. The van der Waals surface area contributed by atoms with E-state index in [4.69, 9.17) is 4.74 Å². The van der Waals surface area contributed by atoms with Gasteiger partial charge in [-0.2, -0.15) is 13.2 Å². The number of nitrogens with zero attached hydrogens (tertiary/aromatic N) is 2. The normalized spacial score (nSPS) is 11.2. The van der Waals surface area contributed by atoms with E-state index in [1.807, 2.05) is 0 Å². The second kappa shape index (κ2) is 9.82. The van der Waals surface area contributed by atoms with E-state index in [0.29, 0.717) is 22.6 Å². The second-order valence-corrected chi connectivity index (χ2v) is 7.56. The predicted octanol–water partition coefficient (Wildman–Crippen LogP) is 5.10. The van der Waals surface area contributed by atoms with E-state index in [9.17, 15) is 22.8 Å². The van der Waals surface area contributed by atoms with Crippen LogP contribution >= 0.6 is 11.8 Å². The van der Waals surface area contributed by atoms with Crippen LogP contribution in [-0.2, 0) is 11.0 Å². The fraction of sp³-hybridized carbons (Fsp3) is 0.182. The molecule has 0 aliphatic carbocycles. The molecule has 2 aromatic carbocycles. The monoisotopic (exact) mass is 461 g/mol. The van der Waals surface area contributed by atoms with Gasteiger partial charge in [-0.25, -0.2) is 9.97 Å². The topological polar surface area (TPSA) is 81.2 Å². The number of ether oxygens (including phenoxy) is 1. The van der Waals surface area contributed by atoms with Crippen molar-refractivity contribution in [2.45, 2.75) is 18.3 Å². The smallest absolute Gasteiger partial charge is 0.433 e. The van der Waals surface area contributed by atoms with Gasteiger partial charge in [-0.1, -0.05) is 11.8 Å². The molecule has 3 aromatic rings. The highest BCUT2D eigenvalue weighted by atomic mass is 32.2. The standard InChI is InChI=1S/C22H18F3N3O3S/c1-13(29)14-3-7-16(8-4-14)26-20(30)12-32-21-27-18(11-19(28-21)22(23,24)25)15-5-9-17(31-2)10-6-15/h3-11H,12H2,1-2H3,(H,26,30). The van der Waals surface area contributed by atoms with Crippen molar-refractivity contribution in [3.63, 3.8) is 0 Å². The van der Waals surface area contributed by atoms with Crippen molar-refractivity contribution >= 4 is 29.1 Å². The number of aromatic nitrogens is 2. The van der Waals surface area contributed by atoms with E-state index in [2.05, 4.69) is 15.3 Å². The first kappa shape index (κ1) is 23.3. The number of benzene rings is 2. The third-order valence-electron chi connectivity index (χ3n) is 4.29. The quantitative estimate of drug-likeness (QED) is 0.299. The van der Waals surface area contributed by atoms with Crippen LogP contribution in [0, 0.1) is 0 Å². The Morgan fingerprint density at radius 2 is 1.69 bits per heavy atom. The average Bonchev–Trinajstić information content (AvgIpc) is 2.77. The van der Waals surface area contributed by atoms with Crippen LogP contribution in [0.25, 0.3) is 11.3 Å². The molecule has 0 fully saturated rings. The summed E-state index contributed by atoms with van der Waals surface area (Å²) in [7, 11) is 1.49. The number of thioether (sulfide) groups is 1. The maximum atomic E-state index is 13.3. The molecular formula is C22H18F3N3O3S. The number of methoxy groups -OCH3 is 1. The number of carbonyl (C=O) groups excluding carboxylic acids is 2. The van der Waals surface area contributed by atoms with E-state index in [1.54, 1.807) is 48.5 Å². The summed E-state index contributed by atoms with van der Waals surface area (Å²) in [6.45, 7) is 1.43. The molecule has 0 aliphatic heterocycles. The molecule has 0 saturated carbocycles. The van der Waals surface area contributed by atoms with Crippen LogP contribution in [-0.4, -0.2) is 34.5 Å². The molecule has 0 aliphatic rings. The van der Waals surface area contributed by atoms with Crippen molar-refractivity contribution in [1.29, 1.82) is 0 Å². The summed E-state index contributed by atoms with van der Waals surface area (Å²) in [4.78, 5) is 31.3. The Labute approximate surface area is 186 Å². The van der Waals surface area contributed by atoms with Crippen molar-refractivity contribution in [2.75, 3.05) is 18.2 Å². The molecule has 10 heteroatoms. The first-order valence-corrected chi connectivity index (χ1v) is 10.3. The highest BCUT2D eigenvalue weighted by Crippen LogP contribution is 2.32. The van der Waals surface area contributed by atoms with Gasteiger partial charge in [0.25, 0.3) is 0 Å². The number of anilines is 1. The minimum Gasteiger partial charge on any atom is -0.497 e. The Morgan fingerprint density at radius 3 is 2.25 bits per heavy atom. The van der Waals surface area contributed by atoms with Crippen molar-refractivity contribution < 1.29 is 27.5 Å². The Kier molecular flexibility index (Phi) is 7.14. The summed E-state index contributed by atoms with van der Waals surface area (Å²) in [5.74, 6) is -0.190. The highest BCUT2D eigenvalue weighted by molar-refractivity contribution is 7.99. The number of Topliss-reactive ketones (excluding diaryl/α,β-unsaturated/α-hetero) is 1. The van der Waals surface area contributed by atoms with Gasteiger partial charge < -0.3 is 10.1 Å². The van der Waals surface area contributed by atoms with Gasteiger partial charge in [0.15, 0.2) is 10.9 Å². The molecule has 166 valence electrons. The van der Waals surface area contributed by atoms with Crippen LogP contribution in [0.3, 0.4) is 0 Å². The molecule has 6 nitrogen and oxygen atoms in total. The number of halogens is 3. The summed E-state index contributed by atoms with van der Waals surface area (Å²) in [5, 5.41) is 2.45. The molecule has 32 heavy (non-hydrogen) atoms. The number of nitrogens with one attached hydrogen (secondary N) is 1. The van der Waals surface area contributed by atoms with Crippen molar-refractivity contribution in [2.24, 2.45) is 0 Å². The summed E-state index contributed by atoms with van der Waals surface area (Å²) < 4.78 is 45.1. The highest BCUT2D eigenvalue weighted by Gasteiger charge is 2.34. The number of amides is 1. The van der Waals surface area contributed by atoms with Crippen molar-refractivity contribution in [1.82, 2.24) is 9.97 Å². The van der Waals surface area contributed by atoms with Gasteiger partial charge in [-0.3, -0.25) is 9.59 Å². The van der Waals surface area contributed by atoms with Gasteiger partial charge in [0.05, 0.1) is 18.6 Å². The lowest BCUT2D eigenvalue weighted by Gasteiger charge is -2.11. The number of hydrogen-bond acceptors (Lipinski definition) is 6. The van der Waals surface area contributed by atoms with E-state index in [1.165, 1.54) is 14.0 Å². The molecule has 1 amide bonds. The Hall–Kier alpha value is -3.40. The Bertz CT molecular complexity index is 1120. The number of alkyl halides is 3. The number of hydrogen-bond donors (Lipinski definition) is 1. The molecule has 0 unspecified atom stereocenters. The van der Waals surface area contributed by atoms with Gasteiger partial charge in [0, 0.05) is 16.8 Å². The molecule has 0 spiro atoms. The van der Waals surface area contributed by atoms with E-state index >= 15 is 0 Å². The van der Waals surface area contributed by atoms with Crippen LogP contribution in [0.1, 0.15) is 23.0 Å². The molecule has 1 aromatic heterocycles. The zero-order chi connectivity index (χ0) is 23.3. The van der Waals surface area contributed by atoms with Crippen LogP contribution in [0.15, 0.2) is 59.8 Å². The first-order chi connectivity index (χ1) is 15.2. The fourth-order valence-electron chi connectivity index (χ4n) is 2.66. The lowest BCUT2D eigenvalue weighted by atomic mass is 10.1. The van der Waals surface area contributed by atoms with E-state index in [-0.39, 0.29) is 22.4 Å². The Morgan fingerprint density at radius 1 is 1.03 bits per heavy atom.